The Bertz CT molecular complexity index is 707. The number of nitrogens with one attached hydrogen (secondary N) is 1. The summed E-state index contributed by atoms with van der Waals surface area (Å²) in [4.78, 5) is 19.2. The largest absolute Gasteiger partial charge is 0.325 e. The van der Waals surface area contributed by atoms with Crippen LogP contribution in [0.4, 0.5) is 5.69 Å². The van der Waals surface area contributed by atoms with Crippen molar-refractivity contribution in [2.75, 3.05) is 18.4 Å². The molecule has 1 amide bonds. The molecular weight excluding hydrogens is 318 g/mol. The van der Waals surface area contributed by atoms with Gasteiger partial charge >= 0.3 is 0 Å². The van der Waals surface area contributed by atoms with E-state index < -0.39 is 0 Å². The molecule has 2 heterocycles. The third-order valence-corrected chi connectivity index (χ3v) is 5.08. The molecule has 4 nitrogen and oxygen atoms in total. The normalized spacial score (nSPS) is 18.8. The van der Waals surface area contributed by atoms with Gasteiger partial charge in [-0.25, -0.2) is 4.98 Å². The third kappa shape index (κ3) is 3.91. The van der Waals surface area contributed by atoms with Crippen molar-refractivity contribution in [1.82, 2.24) is 9.88 Å². The van der Waals surface area contributed by atoms with Crippen molar-refractivity contribution >= 4 is 22.9 Å². The molecule has 126 valence electrons. The number of carbonyl (C=O) groups excluding carboxylic acids is 1. The lowest BCUT2D eigenvalue weighted by Gasteiger charge is -2.24. The number of carbonyl (C=O) groups is 1. The molecule has 0 radical (unpaired) electrons. The smallest absolute Gasteiger partial charge is 0.241 e. The average molecular weight is 341 g/mol. The van der Waals surface area contributed by atoms with Crippen LogP contribution in [0.3, 0.4) is 0 Å². The summed E-state index contributed by atoms with van der Waals surface area (Å²) < 4.78 is 0. The van der Waals surface area contributed by atoms with E-state index in [1.807, 2.05) is 42.1 Å². The van der Waals surface area contributed by atoms with Crippen molar-refractivity contribution < 1.29 is 4.79 Å². The predicted octanol–water partition coefficient (Wildman–Crippen LogP) is 4.18. The molecule has 1 aliphatic rings. The zero-order chi connectivity index (χ0) is 16.9. The number of allylic oxidation sites excluding steroid dienone is 1. The van der Waals surface area contributed by atoms with E-state index in [2.05, 4.69) is 28.2 Å². The quantitative estimate of drug-likeness (QED) is 0.830. The molecule has 1 aliphatic heterocycles. The van der Waals surface area contributed by atoms with E-state index in [4.69, 9.17) is 0 Å². The summed E-state index contributed by atoms with van der Waals surface area (Å²) in [7, 11) is 0. The molecular formula is C19H23N3OS. The van der Waals surface area contributed by atoms with Crippen molar-refractivity contribution in [1.29, 1.82) is 0 Å². The van der Waals surface area contributed by atoms with Gasteiger partial charge in [0, 0.05) is 23.2 Å². The molecule has 0 aliphatic carbocycles. The number of amides is 1. The van der Waals surface area contributed by atoms with Gasteiger partial charge in [-0.3, -0.25) is 9.69 Å². The van der Waals surface area contributed by atoms with Gasteiger partial charge in [-0.15, -0.1) is 11.3 Å². The molecule has 0 unspecified atom stereocenters. The van der Waals surface area contributed by atoms with Gasteiger partial charge in [0.25, 0.3) is 0 Å². The highest BCUT2D eigenvalue weighted by Gasteiger charge is 2.30. The van der Waals surface area contributed by atoms with E-state index in [1.54, 1.807) is 11.3 Å². The third-order valence-electron chi connectivity index (χ3n) is 4.49. The molecule has 1 aromatic heterocycles. The van der Waals surface area contributed by atoms with E-state index in [9.17, 15) is 4.79 Å². The van der Waals surface area contributed by atoms with Gasteiger partial charge in [0.2, 0.25) is 5.91 Å². The van der Waals surface area contributed by atoms with Crippen LogP contribution in [0.5, 0.6) is 0 Å². The van der Waals surface area contributed by atoms with E-state index in [1.165, 1.54) is 5.57 Å². The first-order valence-electron chi connectivity index (χ1n) is 8.32. The molecule has 1 N–H and O–H groups in total. The maximum absolute atomic E-state index is 12.6. The first-order chi connectivity index (χ1) is 11.7. The molecule has 1 fully saturated rings. The highest BCUT2D eigenvalue weighted by Crippen LogP contribution is 2.23. The molecule has 1 atom stereocenters. The predicted molar refractivity (Wildman–Crippen MR) is 100 cm³/mol. The fourth-order valence-electron chi connectivity index (χ4n) is 3.03. The number of aromatic nitrogens is 1. The van der Waals surface area contributed by atoms with Crippen LogP contribution in [-0.2, 0) is 4.79 Å². The molecule has 1 saturated heterocycles. The van der Waals surface area contributed by atoms with Crippen LogP contribution in [0.15, 0.2) is 46.8 Å². The number of thiazole rings is 1. The zero-order valence-electron chi connectivity index (χ0n) is 14.2. The number of rotatable bonds is 5. The Balaban J connectivity index is 1.64. The second-order valence-corrected chi connectivity index (χ2v) is 6.92. The van der Waals surface area contributed by atoms with E-state index in [-0.39, 0.29) is 11.9 Å². The van der Waals surface area contributed by atoms with Gasteiger partial charge in [-0.2, -0.15) is 0 Å². The fraction of sp³-hybridized carbons (Fsp3) is 0.368. The molecule has 3 rings (SSSR count). The van der Waals surface area contributed by atoms with Gasteiger partial charge in [-0.1, -0.05) is 23.8 Å². The molecule has 0 spiro atoms. The van der Waals surface area contributed by atoms with Crippen molar-refractivity contribution in [2.45, 2.75) is 32.7 Å². The minimum absolute atomic E-state index is 0.0295. The summed E-state index contributed by atoms with van der Waals surface area (Å²) in [5.74, 6) is 0.0952. The van der Waals surface area contributed by atoms with E-state index >= 15 is 0 Å². The highest BCUT2D eigenvalue weighted by atomic mass is 32.1. The van der Waals surface area contributed by atoms with Gasteiger partial charge < -0.3 is 5.32 Å². The van der Waals surface area contributed by atoms with Crippen LogP contribution < -0.4 is 5.32 Å². The van der Waals surface area contributed by atoms with Gasteiger partial charge in [-0.05, 0) is 45.4 Å². The SMILES string of the molecule is C/C=C(\C)CN1CCC[C@H]1C(=O)Nc1ccc(-c2cscn2)cc1. The lowest BCUT2D eigenvalue weighted by atomic mass is 10.1. The van der Waals surface area contributed by atoms with Gasteiger partial charge in [0.05, 0.1) is 17.2 Å². The summed E-state index contributed by atoms with van der Waals surface area (Å²) in [5.41, 5.74) is 6.02. The first-order valence-corrected chi connectivity index (χ1v) is 9.27. The van der Waals surface area contributed by atoms with Crippen molar-refractivity contribution in [3.8, 4) is 11.3 Å². The first kappa shape index (κ1) is 16.9. The van der Waals surface area contributed by atoms with Crippen LogP contribution in [0, 0.1) is 0 Å². The fourth-order valence-corrected chi connectivity index (χ4v) is 3.59. The monoisotopic (exact) mass is 341 g/mol. The molecule has 24 heavy (non-hydrogen) atoms. The standard InChI is InChI=1S/C19H23N3OS/c1-3-14(2)11-22-10-4-5-18(22)19(23)21-16-8-6-15(7-9-16)17-12-24-13-20-17/h3,6-9,12-13,18H,4-5,10-11H2,1-2H3,(H,21,23)/b14-3+/t18-/m0/s1. The topological polar surface area (TPSA) is 45.2 Å². The molecule has 0 saturated carbocycles. The Labute approximate surface area is 147 Å². The molecule has 2 aromatic rings. The van der Waals surface area contributed by atoms with Crippen molar-refractivity contribution in [3.05, 3.63) is 46.8 Å². The van der Waals surface area contributed by atoms with Crippen LogP contribution in [-0.4, -0.2) is 34.9 Å². The number of hydrogen-bond donors (Lipinski definition) is 1. The Morgan fingerprint density at radius 2 is 2.21 bits per heavy atom. The average Bonchev–Trinajstić information content (AvgIpc) is 3.27. The van der Waals surface area contributed by atoms with Crippen LogP contribution in [0.1, 0.15) is 26.7 Å². The van der Waals surface area contributed by atoms with Crippen molar-refractivity contribution in [3.63, 3.8) is 0 Å². The van der Waals surface area contributed by atoms with E-state index in [0.29, 0.717) is 0 Å². The number of benzene rings is 1. The summed E-state index contributed by atoms with van der Waals surface area (Å²) in [5, 5.41) is 5.08. The summed E-state index contributed by atoms with van der Waals surface area (Å²) in [6, 6.07) is 7.87. The Kier molecular flexibility index (Phi) is 5.43. The maximum Gasteiger partial charge on any atom is 0.241 e. The van der Waals surface area contributed by atoms with Crippen LogP contribution >= 0.6 is 11.3 Å². The summed E-state index contributed by atoms with van der Waals surface area (Å²) in [6.07, 6.45) is 4.13. The maximum atomic E-state index is 12.6. The lowest BCUT2D eigenvalue weighted by molar-refractivity contribution is -0.120. The summed E-state index contributed by atoms with van der Waals surface area (Å²) >= 11 is 1.58. The van der Waals surface area contributed by atoms with E-state index in [0.717, 1.165) is 42.9 Å². The Morgan fingerprint density at radius 3 is 2.88 bits per heavy atom. The minimum Gasteiger partial charge on any atom is -0.325 e. The van der Waals surface area contributed by atoms with Gasteiger partial charge in [0.1, 0.15) is 0 Å². The molecule has 5 heteroatoms. The number of hydrogen-bond acceptors (Lipinski definition) is 4. The zero-order valence-corrected chi connectivity index (χ0v) is 15.0. The molecule has 0 bridgehead atoms. The van der Waals surface area contributed by atoms with Crippen molar-refractivity contribution in [2.24, 2.45) is 0 Å². The summed E-state index contributed by atoms with van der Waals surface area (Å²) in [6.45, 7) is 6.03. The van der Waals surface area contributed by atoms with Crippen LogP contribution in [0.25, 0.3) is 11.3 Å². The second-order valence-electron chi connectivity index (χ2n) is 6.20. The highest BCUT2D eigenvalue weighted by molar-refractivity contribution is 7.07. The molecule has 1 aromatic carbocycles. The number of likely N-dealkylation sites (tertiary alicyclic amines) is 1. The second kappa shape index (κ2) is 7.73. The lowest BCUT2D eigenvalue weighted by Crippen LogP contribution is -2.40. The Hall–Kier alpha value is -1.98. The minimum atomic E-state index is -0.0295. The number of nitrogens with zero attached hydrogens (tertiary/aromatic N) is 2. The van der Waals surface area contributed by atoms with Crippen LogP contribution in [0.2, 0.25) is 0 Å². The van der Waals surface area contributed by atoms with Gasteiger partial charge in [0.15, 0.2) is 0 Å². The number of anilines is 1. The Morgan fingerprint density at radius 1 is 1.42 bits per heavy atom.